The summed E-state index contributed by atoms with van der Waals surface area (Å²) in [5.41, 5.74) is 1.10. The summed E-state index contributed by atoms with van der Waals surface area (Å²) in [4.78, 5) is 16.5. The molecule has 0 aliphatic carbocycles. The summed E-state index contributed by atoms with van der Waals surface area (Å²) < 4.78 is 13.0. The van der Waals surface area contributed by atoms with E-state index in [-0.39, 0.29) is 0 Å². The number of aromatic nitrogens is 2. The lowest BCUT2D eigenvalue weighted by atomic mass is 9.89. The van der Waals surface area contributed by atoms with Crippen molar-refractivity contribution >= 4 is 6.09 Å². The van der Waals surface area contributed by atoms with E-state index < -0.39 is 17.2 Å². The molecule has 2 rings (SSSR count). The van der Waals surface area contributed by atoms with E-state index in [1.54, 1.807) is 0 Å². The monoisotopic (exact) mass is 324 g/mol. The average Bonchev–Trinajstić information content (AvgIpc) is 2.84. The minimum absolute atomic E-state index is 0.383. The maximum absolute atomic E-state index is 12.0. The van der Waals surface area contributed by atoms with Gasteiger partial charge in [0.25, 0.3) is 0 Å². The number of carbonyl (C=O) groups excluding carboxylic acids is 1. The number of nitrogens with zero attached hydrogens (tertiary/aromatic N) is 2. The van der Waals surface area contributed by atoms with Gasteiger partial charge in [0.05, 0.1) is 24.3 Å². The highest BCUT2D eigenvalue weighted by Gasteiger charge is 2.40. The molecular weight excluding hydrogens is 296 g/mol. The van der Waals surface area contributed by atoms with Gasteiger partial charge in [0.2, 0.25) is 0 Å². The van der Waals surface area contributed by atoms with Crippen LogP contribution in [0.1, 0.15) is 39.1 Å². The van der Waals surface area contributed by atoms with Crippen LogP contribution in [-0.4, -0.2) is 47.5 Å². The van der Waals surface area contributed by atoms with E-state index in [4.69, 9.17) is 9.47 Å². The zero-order valence-corrected chi connectivity index (χ0v) is 14.7. The first-order valence-electron chi connectivity index (χ1n) is 8.08. The predicted molar refractivity (Wildman–Crippen MR) is 87.3 cm³/mol. The molecule has 2 N–H and O–H groups in total. The van der Waals surface area contributed by atoms with Crippen molar-refractivity contribution in [1.82, 2.24) is 20.2 Å². The van der Waals surface area contributed by atoms with Gasteiger partial charge in [-0.3, -0.25) is 0 Å². The van der Waals surface area contributed by atoms with Gasteiger partial charge in [0, 0.05) is 33.2 Å². The quantitative estimate of drug-likeness (QED) is 0.854. The smallest absolute Gasteiger partial charge is 0.407 e. The molecule has 0 spiro atoms. The number of nitrogens with one attached hydrogen (secondary N) is 2. The van der Waals surface area contributed by atoms with Crippen molar-refractivity contribution in [2.24, 2.45) is 7.05 Å². The molecule has 1 aromatic heterocycles. The number of fused-ring (bicyclic) bond motifs is 1. The summed E-state index contributed by atoms with van der Waals surface area (Å²) in [6, 6.07) is 0. The van der Waals surface area contributed by atoms with Gasteiger partial charge >= 0.3 is 6.09 Å². The molecule has 0 saturated heterocycles. The molecule has 1 amide bonds. The van der Waals surface area contributed by atoms with Crippen LogP contribution < -0.4 is 10.6 Å². The largest absolute Gasteiger partial charge is 0.444 e. The van der Waals surface area contributed by atoms with Crippen molar-refractivity contribution < 1.29 is 14.3 Å². The van der Waals surface area contributed by atoms with Crippen molar-refractivity contribution in [2.45, 2.75) is 45.3 Å². The van der Waals surface area contributed by atoms with Crippen molar-refractivity contribution in [3.05, 3.63) is 17.7 Å². The Hall–Kier alpha value is -1.60. The third-order valence-corrected chi connectivity index (χ3v) is 3.78. The van der Waals surface area contributed by atoms with Gasteiger partial charge in [-0.05, 0) is 27.7 Å². The van der Waals surface area contributed by atoms with Crippen molar-refractivity contribution in [3.63, 3.8) is 0 Å². The van der Waals surface area contributed by atoms with E-state index >= 15 is 0 Å². The number of hydrogen-bond acceptors (Lipinski definition) is 5. The van der Waals surface area contributed by atoms with Crippen molar-refractivity contribution in [1.29, 1.82) is 0 Å². The van der Waals surface area contributed by atoms with E-state index in [2.05, 4.69) is 15.6 Å². The SMILES string of the molecule is CCOCC1(CNC(=O)OC(C)(C)C)NCCc2ncn(C)c21. The molecule has 1 aliphatic rings. The Morgan fingerprint density at radius 1 is 1.52 bits per heavy atom. The van der Waals surface area contributed by atoms with E-state index in [0.29, 0.717) is 19.8 Å². The van der Waals surface area contributed by atoms with Crippen LogP contribution in [0.3, 0.4) is 0 Å². The molecule has 0 fully saturated rings. The normalized spacial score (nSPS) is 20.9. The number of imidazole rings is 1. The van der Waals surface area contributed by atoms with Crippen LogP contribution in [0.4, 0.5) is 4.79 Å². The molecule has 23 heavy (non-hydrogen) atoms. The van der Waals surface area contributed by atoms with Gasteiger partial charge in [-0.1, -0.05) is 0 Å². The average molecular weight is 324 g/mol. The van der Waals surface area contributed by atoms with Crippen LogP contribution in [0.25, 0.3) is 0 Å². The lowest BCUT2D eigenvalue weighted by Gasteiger charge is -2.38. The second-order valence-corrected chi connectivity index (χ2v) is 6.90. The van der Waals surface area contributed by atoms with Crippen LogP contribution in [0.15, 0.2) is 6.33 Å². The first kappa shape index (κ1) is 17.7. The maximum atomic E-state index is 12.0. The second kappa shape index (κ2) is 6.88. The molecule has 0 bridgehead atoms. The number of carbonyl (C=O) groups is 1. The molecule has 0 radical (unpaired) electrons. The summed E-state index contributed by atoms with van der Waals surface area (Å²) in [6.07, 6.45) is 2.26. The summed E-state index contributed by atoms with van der Waals surface area (Å²) in [6.45, 7) is 9.76. The molecule has 1 atom stereocenters. The summed E-state index contributed by atoms with van der Waals surface area (Å²) in [5.74, 6) is 0. The van der Waals surface area contributed by atoms with Gasteiger partial charge in [0.15, 0.2) is 0 Å². The number of alkyl carbamates (subject to hydrolysis) is 1. The highest BCUT2D eigenvalue weighted by Crippen LogP contribution is 2.28. The summed E-state index contributed by atoms with van der Waals surface area (Å²) >= 11 is 0. The number of rotatable bonds is 5. The van der Waals surface area contributed by atoms with Crippen LogP contribution >= 0.6 is 0 Å². The molecule has 1 unspecified atom stereocenters. The molecule has 0 aromatic carbocycles. The second-order valence-electron chi connectivity index (χ2n) is 6.90. The number of amides is 1. The highest BCUT2D eigenvalue weighted by atomic mass is 16.6. The standard InChI is InChI=1S/C16H28N4O3/c1-6-22-10-16(9-17-14(21)23-15(2,3)4)13-12(7-8-19-16)18-11-20(13)5/h11,19H,6-10H2,1-5H3,(H,17,21). The number of ether oxygens (including phenoxy) is 2. The molecule has 2 heterocycles. The fourth-order valence-corrected chi connectivity index (χ4v) is 2.91. The fourth-order valence-electron chi connectivity index (χ4n) is 2.91. The summed E-state index contributed by atoms with van der Waals surface area (Å²) in [7, 11) is 1.97. The molecule has 130 valence electrons. The van der Waals surface area contributed by atoms with Crippen LogP contribution in [0.2, 0.25) is 0 Å². The molecule has 1 aliphatic heterocycles. The van der Waals surface area contributed by atoms with E-state index in [9.17, 15) is 4.79 Å². The Balaban J connectivity index is 2.18. The third kappa shape index (κ3) is 4.23. The van der Waals surface area contributed by atoms with Crippen molar-refractivity contribution in [3.8, 4) is 0 Å². The molecule has 7 nitrogen and oxygen atoms in total. The first-order valence-corrected chi connectivity index (χ1v) is 8.08. The van der Waals surface area contributed by atoms with Gasteiger partial charge in [-0.25, -0.2) is 9.78 Å². The lowest BCUT2D eigenvalue weighted by molar-refractivity contribution is 0.0420. The lowest BCUT2D eigenvalue weighted by Crippen LogP contribution is -2.58. The molecule has 0 saturated carbocycles. The topological polar surface area (TPSA) is 77.4 Å². The van der Waals surface area contributed by atoms with Crippen LogP contribution in [0.5, 0.6) is 0 Å². The van der Waals surface area contributed by atoms with E-state index in [0.717, 1.165) is 24.4 Å². The Morgan fingerprint density at radius 3 is 2.91 bits per heavy atom. The first-order chi connectivity index (χ1) is 10.8. The maximum Gasteiger partial charge on any atom is 0.407 e. The molecular formula is C16H28N4O3. The van der Waals surface area contributed by atoms with Crippen LogP contribution in [0, 0.1) is 0 Å². The Bertz CT molecular complexity index is 550. The zero-order chi connectivity index (χ0) is 17.1. The number of hydrogen-bond donors (Lipinski definition) is 2. The minimum atomic E-state index is -0.519. The van der Waals surface area contributed by atoms with Gasteiger partial charge in [-0.2, -0.15) is 0 Å². The van der Waals surface area contributed by atoms with E-state index in [1.807, 2.05) is 45.6 Å². The van der Waals surface area contributed by atoms with Crippen LogP contribution in [-0.2, 0) is 28.5 Å². The summed E-state index contributed by atoms with van der Waals surface area (Å²) in [5, 5.41) is 6.38. The van der Waals surface area contributed by atoms with E-state index in [1.165, 1.54) is 0 Å². The molecule has 1 aromatic rings. The van der Waals surface area contributed by atoms with Gasteiger partial charge < -0.3 is 24.7 Å². The third-order valence-electron chi connectivity index (χ3n) is 3.78. The van der Waals surface area contributed by atoms with Gasteiger partial charge in [0.1, 0.15) is 11.1 Å². The minimum Gasteiger partial charge on any atom is -0.444 e. The predicted octanol–water partition coefficient (Wildman–Crippen LogP) is 1.32. The highest BCUT2D eigenvalue weighted by molar-refractivity contribution is 5.67. The Morgan fingerprint density at radius 2 is 2.26 bits per heavy atom. The van der Waals surface area contributed by atoms with Crippen molar-refractivity contribution in [2.75, 3.05) is 26.3 Å². The number of aryl methyl sites for hydroxylation is 1. The Labute approximate surface area is 137 Å². The fraction of sp³-hybridized carbons (Fsp3) is 0.750. The van der Waals surface area contributed by atoms with Gasteiger partial charge in [-0.15, -0.1) is 0 Å². The molecule has 7 heteroatoms. The Kier molecular flexibility index (Phi) is 5.31. The zero-order valence-electron chi connectivity index (χ0n) is 14.7.